The third-order valence-corrected chi connectivity index (χ3v) is 7.70. The summed E-state index contributed by atoms with van der Waals surface area (Å²) in [6.07, 6.45) is -1.55. The fraction of sp³-hybridized carbons (Fsp3) is 0.474. The Labute approximate surface area is 318 Å². The maximum absolute atomic E-state index is 13.5. The van der Waals surface area contributed by atoms with Crippen molar-refractivity contribution in [3.05, 3.63) is 60.2 Å². The highest BCUT2D eigenvalue weighted by Crippen LogP contribution is 2.37. The first-order chi connectivity index (χ1) is 26.3. The number of esters is 4. The molecule has 0 bridgehead atoms. The quantitative estimate of drug-likeness (QED) is 0.0852. The van der Waals surface area contributed by atoms with Crippen molar-refractivity contribution >= 4 is 35.7 Å². The molecule has 2 aromatic rings. The predicted octanol–water partition coefficient (Wildman–Crippen LogP) is 1.85. The Hall–Kier alpha value is -5.54. The molecular weight excluding hydrogens is 724 g/mol. The van der Waals surface area contributed by atoms with Crippen LogP contribution in [0.15, 0.2) is 54.6 Å². The molecule has 0 aromatic heterocycles. The Morgan fingerprint density at radius 3 is 2.18 bits per heavy atom. The molecule has 1 aliphatic heterocycles. The lowest BCUT2D eigenvalue weighted by Gasteiger charge is -2.48. The van der Waals surface area contributed by atoms with E-state index in [1.807, 2.05) is 6.07 Å². The number of para-hydroxylation sites is 1. The number of methoxy groups -OCH3 is 1. The fourth-order valence-corrected chi connectivity index (χ4v) is 5.61. The summed E-state index contributed by atoms with van der Waals surface area (Å²) in [7, 11) is 1.06. The summed E-state index contributed by atoms with van der Waals surface area (Å²) in [6.45, 7) is 3.99. The van der Waals surface area contributed by atoms with Crippen molar-refractivity contribution in [1.29, 1.82) is 0 Å². The molecule has 0 saturated carbocycles. The van der Waals surface area contributed by atoms with Gasteiger partial charge >= 0.3 is 23.9 Å². The van der Waals surface area contributed by atoms with Crippen molar-refractivity contribution in [1.82, 2.24) is 10.6 Å². The van der Waals surface area contributed by atoms with Crippen LogP contribution in [-0.2, 0) is 61.9 Å². The second kappa shape index (κ2) is 22.0. The van der Waals surface area contributed by atoms with Crippen LogP contribution in [0.3, 0.4) is 0 Å². The summed E-state index contributed by atoms with van der Waals surface area (Å²) in [5.74, 6) is -4.01. The van der Waals surface area contributed by atoms with Crippen molar-refractivity contribution in [2.45, 2.75) is 70.4 Å². The lowest BCUT2D eigenvalue weighted by Crippen LogP contribution is -2.69. The summed E-state index contributed by atoms with van der Waals surface area (Å²) in [5, 5.41) is 5.28. The van der Waals surface area contributed by atoms with E-state index in [9.17, 15) is 28.8 Å². The molecule has 55 heavy (non-hydrogen) atoms. The fourth-order valence-electron chi connectivity index (χ4n) is 5.61. The normalized spacial score (nSPS) is 20.0. The maximum Gasteiger partial charge on any atom is 0.366 e. The van der Waals surface area contributed by atoms with E-state index in [1.54, 1.807) is 36.4 Å². The molecule has 298 valence electrons. The zero-order valence-electron chi connectivity index (χ0n) is 31.2. The van der Waals surface area contributed by atoms with Gasteiger partial charge < -0.3 is 53.3 Å². The van der Waals surface area contributed by atoms with Crippen LogP contribution in [0.4, 0.5) is 0 Å². The van der Waals surface area contributed by atoms with Gasteiger partial charge in [0.15, 0.2) is 12.2 Å². The van der Waals surface area contributed by atoms with Crippen LogP contribution in [0.5, 0.6) is 11.5 Å². The highest BCUT2D eigenvalue weighted by atomic mass is 16.7. The second-order valence-electron chi connectivity index (χ2n) is 12.0. The number of hydrogen-bond acceptors (Lipinski definition) is 15. The average molecular weight is 771 g/mol. The van der Waals surface area contributed by atoms with Crippen LogP contribution in [0.25, 0.3) is 0 Å². The molecule has 17 nitrogen and oxygen atoms in total. The topological polar surface area (TPSA) is 210 Å². The molecule has 0 aliphatic carbocycles. The molecule has 0 radical (unpaired) electrons. The van der Waals surface area contributed by atoms with E-state index in [4.69, 9.17) is 49.1 Å². The lowest BCUT2D eigenvalue weighted by atomic mass is 9.87. The monoisotopic (exact) mass is 770 g/mol. The summed E-state index contributed by atoms with van der Waals surface area (Å²) in [5.41, 5.74) is 0.168. The Balaban J connectivity index is 1.99. The Kier molecular flexibility index (Phi) is 17.5. The number of benzene rings is 2. The van der Waals surface area contributed by atoms with Gasteiger partial charge in [0.1, 0.15) is 30.3 Å². The van der Waals surface area contributed by atoms with Crippen LogP contribution in [0.2, 0.25) is 0 Å². The number of rotatable bonds is 20. The van der Waals surface area contributed by atoms with Crippen LogP contribution in [0.1, 0.15) is 44.5 Å². The SMILES string of the molecule is C#CCOCCOCCO[C@]1(C(=O)OC)C[C@H](OC(C)=O)[C@@H](NC(C)=O)[C@H]([C@H](OC(C)=O)[C@@H](CNC(=O)c2cccc(Oc3ccccc3)c2)OC(C)=O)O1. The van der Waals surface area contributed by atoms with Gasteiger partial charge in [0, 0.05) is 33.3 Å². The van der Waals surface area contributed by atoms with Crippen LogP contribution in [-0.4, -0.2) is 119 Å². The van der Waals surface area contributed by atoms with Gasteiger partial charge in [0.25, 0.3) is 11.7 Å². The first-order valence-corrected chi connectivity index (χ1v) is 17.2. The first kappa shape index (κ1) is 43.9. The zero-order valence-corrected chi connectivity index (χ0v) is 31.2. The maximum atomic E-state index is 13.5. The predicted molar refractivity (Wildman–Crippen MR) is 190 cm³/mol. The largest absolute Gasteiger partial charge is 0.465 e. The van der Waals surface area contributed by atoms with Gasteiger partial charge in [0.2, 0.25) is 5.91 Å². The Bertz CT molecular complexity index is 1660. The molecule has 1 saturated heterocycles. The van der Waals surface area contributed by atoms with Gasteiger partial charge in [-0.1, -0.05) is 30.2 Å². The molecule has 2 aromatic carbocycles. The molecule has 0 unspecified atom stereocenters. The van der Waals surface area contributed by atoms with Crippen molar-refractivity contribution in [3.8, 4) is 23.8 Å². The molecule has 2 N–H and O–H groups in total. The average Bonchev–Trinajstić information content (AvgIpc) is 3.14. The summed E-state index contributed by atoms with van der Waals surface area (Å²) < 4.78 is 50.6. The van der Waals surface area contributed by atoms with Gasteiger partial charge in [-0.25, -0.2) is 4.79 Å². The highest BCUT2D eigenvalue weighted by molar-refractivity contribution is 5.94. The Morgan fingerprint density at radius 2 is 1.55 bits per heavy atom. The van der Waals surface area contributed by atoms with E-state index in [1.165, 1.54) is 19.1 Å². The number of carbonyl (C=O) groups is 6. The first-order valence-electron chi connectivity index (χ1n) is 17.2. The lowest BCUT2D eigenvalue weighted by molar-refractivity contribution is -0.315. The molecule has 1 aliphatic rings. The van der Waals surface area contributed by atoms with Crippen molar-refractivity contribution in [3.63, 3.8) is 0 Å². The van der Waals surface area contributed by atoms with Gasteiger partial charge in [-0.3, -0.25) is 24.0 Å². The summed E-state index contributed by atoms with van der Waals surface area (Å²) in [4.78, 5) is 77.0. The van der Waals surface area contributed by atoms with E-state index >= 15 is 0 Å². The number of nitrogens with one attached hydrogen (secondary N) is 2. The third-order valence-electron chi connectivity index (χ3n) is 7.70. The molecular formula is C38H46N2O15. The molecule has 0 spiro atoms. The molecule has 17 heteroatoms. The van der Waals surface area contributed by atoms with Gasteiger partial charge in [-0.15, -0.1) is 6.42 Å². The van der Waals surface area contributed by atoms with Gasteiger partial charge in [0.05, 0.1) is 52.5 Å². The molecule has 1 fully saturated rings. The van der Waals surface area contributed by atoms with Crippen molar-refractivity contribution in [2.75, 3.05) is 46.7 Å². The molecule has 6 atom stereocenters. The Morgan fingerprint density at radius 1 is 0.873 bits per heavy atom. The summed E-state index contributed by atoms with van der Waals surface area (Å²) >= 11 is 0. The standard InChI is InChI=1S/C38H46N2O15/c1-7-16-48-17-18-49-19-20-50-38(37(46)47-6)22-31(51-25(3)42)33(40-24(2)41)35(55-38)34(53-27(5)44)32(52-26(4)43)23-39-36(45)28-12-11-15-30(21-28)54-29-13-9-8-10-14-29/h1,8-15,21,31-35H,16-20,22-23H2,2-6H3,(H,39,45)(H,40,41)/t31-,32+,33+,34+,35+,38+/m0/s1. The van der Waals surface area contributed by atoms with Crippen molar-refractivity contribution in [2.24, 2.45) is 0 Å². The molecule has 2 amide bonds. The minimum absolute atomic E-state index is 0.0768. The summed E-state index contributed by atoms with van der Waals surface area (Å²) in [6, 6.07) is 13.8. The van der Waals surface area contributed by atoms with Crippen LogP contribution < -0.4 is 15.4 Å². The van der Waals surface area contributed by atoms with Gasteiger partial charge in [-0.2, -0.15) is 0 Å². The smallest absolute Gasteiger partial charge is 0.366 e. The van der Waals surface area contributed by atoms with Crippen molar-refractivity contribution < 1.29 is 71.4 Å². The second-order valence-corrected chi connectivity index (χ2v) is 12.0. The van der Waals surface area contributed by atoms with Crippen LogP contribution in [0, 0.1) is 12.3 Å². The molecule has 3 rings (SSSR count). The molecule has 1 heterocycles. The minimum Gasteiger partial charge on any atom is -0.465 e. The van der Waals surface area contributed by atoms with Crippen LogP contribution >= 0.6 is 0 Å². The zero-order chi connectivity index (χ0) is 40.4. The van der Waals surface area contributed by atoms with E-state index < -0.39 is 84.9 Å². The van der Waals surface area contributed by atoms with E-state index in [2.05, 4.69) is 16.6 Å². The third kappa shape index (κ3) is 14.0. The highest BCUT2D eigenvalue weighted by Gasteiger charge is 2.59. The van der Waals surface area contributed by atoms with E-state index in [0.717, 1.165) is 27.9 Å². The minimum atomic E-state index is -2.35. The van der Waals surface area contributed by atoms with Gasteiger partial charge in [-0.05, 0) is 30.3 Å². The van der Waals surface area contributed by atoms with E-state index in [0.29, 0.717) is 11.5 Å². The number of hydrogen-bond donors (Lipinski definition) is 2. The number of ether oxygens (including phenoxy) is 9. The number of carbonyl (C=O) groups excluding carboxylic acids is 6. The number of terminal acetylenes is 1. The van der Waals surface area contributed by atoms with E-state index in [-0.39, 0.29) is 38.6 Å². The number of amides is 2.